The second kappa shape index (κ2) is 13.3. The monoisotopic (exact) mass is 713 g/mol. The van der Waals surface area contributed by atoms with Gasteiger partial charge in [0.25, 0.3) is 0 Å². The average Bonchev–Trinajstić information content (AvgIpc) is 3.47. The van der Waals surface area contributed by atoms with Crippen LogP contribution in [0.5, 0.6) is 0 Å². The lowest BCUT2D eigenvalue weighted by Crippen LogP contribution is -2.69. The number of hydrogen-bond donors (Lipinski definition) is 2. The molecule has 0 spiro atoms. The summed E-state index contributed by atoms with van der Waals surface area (Å²) >= 11 is 0. The van der Waals surface area contributed by atoms with E-state index in [4.69, 9.17) is 0 Å². The number of piperazine rings is 1. The summed E-state index contributed by atoms with van der Waals surface area (Å²) < 4.78 is 0. The van der Waals surface area contributed by atoms with Crippen molar-refractivity contribution in [3.63, 3.8) is 0 Å². The Balaban J connectivity index is 1.13. The summed E-state index contributed by atoms with van der Waals surface area (Å²) in [6.45, 7) is 25.4. The molecule has 0 radical (unpaired) electrons. The van der Waals surface area contributed by atoms with E-state index in [9.17, 15) is 14.7 Å². The average molecular weight is 713 g/mol. The molecular formula is C45H68N4O3. The van der Waals surface area contributed by atoms with E-state index >= 15 is 0 Å². The zero-order valence-corrected chi connectivity index (χ0v) is 33.7. The summed E-state index contributed by atoms with van der Waals surface area (Å²) in [6.07, 6.45) is 13.1. The molecule has 4 saturated carbocycles. The van der Waals surface area contributed by atoms with E-state index in [1.165, 1.54) is 48.8 Å². The van der Waals surface area contributed by atoms with Crippen LogP contribution < -0.4 is 5.32 Å². The Morgan fingerprint density at radius 2 is 1.58 bits per heavy atom. The second-order valence-electron chi connectivity index (χ2n) is 19.8. The summed E-state index contributed by atoms with van der Waals surface area (Å²) in [5.41, 5.74) is 4.72. The highest BCUT2D eigenvalue weighted by Crippen LogP contribution is 2.76. The molecule has 0 bridgehead atoms. The zero-order chi connectivity index (χ0) is 37.4. The molecule has 1 saturated heterocycles. The normalized spacial score (nSPS) is 39.8. The van der Waals surface area contributed by atoms with Crippen LogP contribution in [0.1, 0.15) is 115 Å². The van der Waals surface area contributed by atoms with Crippen molar-refractivity contribution in [2.45, 2.75) is 105 Å². The highest BCUT2D eigenvalue weighted by atomic mass is 16.4. The molecule has 1 aliphatic heterocycles. The molecule has 9 atom stereocenters. The molecule has 1 heterocycles. The van der Waals surface area contributed by atoms with E-state index in [2.05, 4.69) is 88.3 Å². The van der Waals surface area contributed by atoms with E-state index in [-0.39, 0.29) is 33.2 Å². The molecule has 1 aromatic rings. The fourth-order valence-corrected chi connectivity index (χ4v) is 14.1. The van der Waals surface area contributed by atoms with Crippen LogP contribution in [0.4, 0.5) is 4.79 Å². The maximum absolute atomic E-state index is 14.2. The minimum absolute atomic E-state index is 0.00282. The minimum Gasteiger partial charge on any atom is -0.478 e. The number of nitrogens with zero attached hydrogens (tertiary/aromatic N) is 3. The third kappa shape index (κ3) is 5.81. The maximum atomic E-state index is 14.2. The first-order valence-electron chi connectivity index (χ1n) is 20.6. The third-order valence-corrected chi connectivity index (χ3v) is 17.0. The topological polar surface area (TPSA) is 76.1 Å². The minimum atomic E-state index is -0.870. The third-order valence-electron chi connectivity index (χ3n) is 17.0. The number of benzene rings is 1. The lowest BCUT2D eigenvalue weighted by atomic mass is 9.33. The van der Waals surface area contributed by atoms with Crippen molar-refractivity contribution in [1.82, 2.24) is 20.0 Å². The molecule has 7 nitrogen and oxygen atoms in total. The summed E-state index contributed by atoms with van der Waals surface area (Å²) in [6, 6.07) is 7.75. The van der Waals surface area contributed by atoms with Crippen LogP contribution in [-0.4, -0.2) is 90.7 Å². The van der Waals surface area contributed by atoms with Gasteiger partial charge in [-0.3, -0.25) is 4.90 Å². The molecule has 1 aromatic carbocycles. The number of carbonyl (C=O) groups is 2. The van der Waals surface area contributed by atoms with Gasteiger partial charge in [-0.25, -0.2) is 9.59 Å². The summed E-state index contributed by atoms with van der Waals surface area (Å²) in [5, 5.41) is 13.3. The number of carbonyl (C=O) groups excluding carboxylic acids is 1. The van der Waals surface area contributed by atoms with Crippen LogP contribution in [0, 0.1) is 51.2 Å². The van der Waals surface area contributed by atoms with Gasteiger partial charge in [-0.15, -0.1) is 0 Å². The predicted molar refractivity (Wildman–Crippen MR) is 211 cm³/mol. The van der Waals surface area contributed by atoms with Gasteiger partial charge in [-0.1, -0.05) is 65.0 Å². The standard InChI is InChI=1S/C45H68N4O3/c1-30(2)33-16-21-45(46-40(52)49-28-26-48(27-29-49)25-24-47(8)9)23-22-43(6)35(38(33)45)14-15-37-42(5)19-17-34(31-10-12-32(13-11-31)39(50)51)41(3,4)36(42)18-20-44(37,43)7/h10-13,17,33,35-38H,1,14-16,18-29H2,2-9H3,(H,46,52)(H,50,51). The van der Waals surface area contributed by atoms with Crippen LogP contribution in [0.2, 0.25) is 0 Å². The molecule has 2 amide bonds. The highest BCUT2D eigenvalue weighted by molar-refractivity contribution is 5.88. The van der Waals surface area contributed by atoms with E-state index < -0.39 is 5.97 Å². The Hall–Kier alpha value is -2.64. The fraction of sp³-hybridized carbons (Fsp3) is 0.733. The number of carboxylic acid groups (broad SMARTS) is 1. The second-order valence-corrected chi connectivity index (χ2v) is 19.8. The Kier molecular flexibility index (Phi) is 9.62. The predicted octanol–water partition coefficient (Wildman–Crippen LogP) is 8.68. The van der Waals surface area contributed by atoms with Crippen LogP contribution in [0.3, 0.4) is 0 Å². The molecule has 6 aliphatic rings. The smallest absolute Gasteiger partial charge is 0.335 e. The van der Waals surface area contributed by atoms with Crippen molar-refractivity contribution in [2.24, 2.45) is 51.2 Å². The van der Waals surface area contributed by atoms with Gasteiger partial charge in [0.1, 0.15) is 0 Å². The number of likely N-dealkylation sites (N-methyl/N-ethyl adjacent to an activating group) is 1. The molecule has 5 aliphatic carbocycles. The van der Waals surface area contributed by atoms with Crippen molar-refractivity contribution >= 4 is 17.6 Å². The first-order valence-corrected chi connectivity index (χ1v) is 20.6. The Morgan fingerprint density at radius 1 is 0.885 bits per heavy atom. The van der Waals surface area contributed by atoms with Gasteiger partial charge in [0.15, 0.2) is 0 Å². The van der Waals surface area contributed by atoms with Gasteiger partial charge in [0, 0.05) is 44.8 Å². The van der Waals surface area contributed by atoms with Gasteiger partial charge in [-0.2, -0.15) is 0 Å². The largest absolute Gasteiger partial charge is 0.478 e. The number of hydrogen-bond acceptors (Lipinski definition) is 4. The fourth-order valence-electron chi connectivity index (χ4n) is 14.1. The van der Waals surface area contributed by atoms with Crippen molar-refractivity contribution in [1.29, 1.82) is 0 Å². The maximum Gasteiger partial charge on any atom is 0.335 e. The molecular weight excluding hydrogens is 645 g/mol. The number of carboxylic acids is 1. The van der Waals surface area contributed by atoms with Crippen molar-refractivity contribution < 1.29 is 14.7 Å². The zero-order valence-electron chi connectivity index (χ0n) is 33.7. The quantitative estimate of drug-likeness (QED) is 0.277. The SMILES string of the molecule is C=C(C)C1CCC2(NC(=O)N3CCN(CCN(C)C)CC3)CCC3(C)C(CCC4C5(C)CC=C(c6ccc(C(=O)O)cc6)C(C)(C)C5CCC43C)C12. The van der Waals surface area contributed by atoms with Crippen molar-refractivity contribution in [3.05, 3.63) is 53.6 Å². The lowest BCUT2D eigenvalue weighted by Gasteiger charge is -2.72. The molecule has 7 rings (SSSR count). The Morgan fingerprint density at radius 3 is 2.21 bits per heavy atom. The molecule has 2 N–H and O–H groups in total. The number of aromatic carboxylic acids is 1. The highest BCUT2D eigenvalue weighted by Gasteiger charge is 2.70. The van der Waals surface area contributed by atoms with E-state index in [1.54, 1.807) is 12.1 Å². The molecule has 7 heteroatoms. The molecule has 286 valence electrons. The number of nitrogens with one attached hydrogen (secondary N) is 1. The lowest BCUT2D eigenvalue weighted by molar-refractivity contribution is -0.218. The summed E-state index contributed by atoms with van der Waals surface area (Å²) in [7, 11) is 4.26. The van der Waals surface area contributed by atoms with Crippen molar-refractivity contribution in [2.75, 3.05) is 53.4 Å². The van der Waals surface area contributed by atoms with Crippen LogP contribution in [0.15, 0.2) is 42.5 Å². The van der Waals surface area contributed by atoms with E-state index in [0.717, 1.165) is 65.0 Å². The Bertz CT molecular complexity index is 1590. The van der Waals surface area contributed by atoms with Gasteiger partial charge in [-0.05, 0) is 153 Å². The number of fused-ring (bicyclic) bond motifs is 7. The summed E-state index contributed by atoms with van der Waals surface area (Å²) in [4.78, 5) is 32.6. The molecule has 52 heavy (non-hydrogen) atoms. The Labute approximate surface area is 314 Å². The van der Waals surface area contributed by atoms with Crippen LogP contribution in [0.25, 0.3) is 5.57 Å². The summed E-state index contributed by atoms with van der Waals surface area (Å²) in [5.74, 6) is 1.82. The number of amides is 2. The number of urea groups is 1. The van der Waals surface area contributed by atoms with E-state index in [0.29, 0.717) is 35.2 Å². The van der Waals surface area contributed by atoms with Gasteiger partial charge >= 0.3 is 12.0 Å². The van der Waals surface area contributed by atoms with E-state index in [1.807, 2.05) is 12.1 Å². The van der Waals surface area contributed by atoms with Crippen LogP contribution in [-0.2, 0) is 0 Å². The first-order chi connectivity index (χ1) is 24.5. The van der Waals surface area contributed by atoms with Crippen LogP contribution >= 0.6 is 0 Å². The first kappa shape index (κ1) is 37.7. The molecule has 0 aromatic heterocycles. The molecule has 9 unspecified atom stereocenters. The molecule has 5 fully saturated rings. The van der Waals surface area contributed by atoms with Gasteiger partial charge in [0.05, 0.1) is 5.56 Å². The van der Waals surface area contributed by atoms with Gasteiger partial charge < -0.3 is 20.2 Å². The number of allylic oxidation sites excluding steroid dienone is 3. The van der Waals surface area contributed by atoms with Crippen molar-refractivity contribution in [3.8, 4) is 0 Å². The number of rotatable bonds is 7. The van der Waals surface area contributed by atoms with Gasteiger partial charge in [0.2, 0.25) is 0 Å².